The minimum absolute atomic E-state index is 0.590. The van der Waals surface area contributed by atoms with Gasteiger partial charge in [0.1, 0.15) is 0 Å². The standard InChI is InChI=1S/C66H40N4/c67-41-42-31-36-58(54-25-9-8-24-53(54)57-37-38-61-56-27-11-10-26-55(56)59-29-14-30-60(57)63(59)61)62(39-42)52-23-7-6-22-50(52)44-32-34-46(35-33-44)65-68-64(45-16-2-1-3-17-45)69-66(70-65)48-20-12-19-47(40-48)51-28-13-18-43-15-4-5-21-49(43)51/h1-40H. The van der Waals surface area contributed by atoms with Crippen molar-refractivity contribution in [3.8, 4) is 118 Å². The fraction of sp³-hybridized carbons (Fsp3) is 0. The third-order valence-electron chi connectivity index (χ3n) is 13.8. The summed E-state index contributed by atoms with van der Waals surface area (Å²) in [6.45, 7) is 0. The van der Waals surface area contributed by atoms with E-state index >= 15 is 0 Å². The van der Waals surface area contributed by atoms with Gasteiger partial charge in [0, 0.05) is 16.7 Å². The fourth-order valence-electron chi connectivity index (χ4n) is 10.5. The predicted octanol–water partition coefficient (Wildman–Crippen LogP) is 17.0. The number of fused-ring (bicyclic) bond motifs is 4. The van der Waals surface area contributed by atoms with Gasteiger partial charge in [-0.2, -0.15) is 5.26 Å². The summed E-state index contributed by atoms with van der Waals surface area (Å²) in [6.07, 6.45) is 0. The van der Waals surface area contributed by atoms with Crippen LogP contribution >= 0.6 is 0 Å². The molecule has 13 rings (SSSR count). The van der Waals surface area contributed by atoms with E-state index in [-0.39, 0.29) is 0 Å². The van der Waals surface area contributed by atoms with Crippen molar-refractivity contribution < 1.29 is 0 Å². The second kappa shape index (κ2) is 16.9. The van der Waals surface area contributed by atoms with Crippen molar-refractivity contribution in [1.29, 1.82) is 5.26 Å². The topological polar surface area (TPSA) is 62.5 Å². The zero-order chi connectivity index (χ0) is 46.5. The molecule has 12 aromatic rings. The van der Waals surface area contributed by atoms with Crippen molar-refractivity contribution >= 4 is 21.5 Å². The smallest absolute Gasteiger partial charge is 0.164 e. The summed E-state index contributed by atoms with van der Waals surface area (Å²) in [5.41, 5.74) is 19.3. The second-order valence-corrected chi connectivity index (χ2v) is 17.8. The Hall–Kier alpha value is -9.56. The molecule has 0 fully saturated rings. The van der Waals surface area contributed by atoms with Crippen LogP contribution in [0.2, 0.25) is 0 Å². The molecule has 0 spiro atoms. The summed E-state index contributed by atoms with van der Waals surface area (Å²) < 4.78 is 0. The first-order valence-corrected chi connectivity index (χ1v) is 23.6. The molecule has 1 heterocycles. The summed E-state index contributed by atoms with van der Waals surface area (Å²) in [5, 5.41) is 15.2. The van der Waals surface area contributed by atoms with E-state index in [1.54, 1.807) is 0 Å². The van der Waals surface area contributed by atoms with E-state index in [0.717, 1.165) is 66.8 Å². The highest BCUT2D eigenvalue weighted by molar-refractivity contribution is 6.19. The first kappa shape index (κ1) is 40.7. The third-order valence-corrected chi connectivity index (χ3v) is 13.8. The summed E-state index contributed by atoms with van der Waals surface area (Å²) >= 11 is 0. The molecule has 0 saturated carbocycles. The van der Waals surface area contributed by atoms with Crippen LogP contribution in [-0.2, 0) is 0 Å². The molecule has 0 saturated heterocycles. The van der Waals surface area contributed by atoms with Crippen LogP contribution in [0.15, 0.2) is 243 Å². The molecule has 0 bridgehead atoms. The molecule has 0 N–H and O–H groups in total. The van der Waals surface area contributed by atoms with E-state index in [2.05, 4.69) is 206 Å². The maximum atomic E-state index is 10.3. The molecular weight excluding hydrogens is 849 g/mol. The van der Waals surface area contributed by atoms with Crippen molar-refractivity contribution in [2.24, 2.45) is 0 Å². The van der Waals surface area contributed by atoms with Crippen molar-refractivity contribution in [3.05, 3.63) is 248 Å². The van der Waals surface area contributed by atoms with Crippen LogP contribution in [0.25, 0.3) is 134 Å². The van der Waals surface area contributed by atoms with Crippen LogP contribution < -0.4 is 0 Å². The Kier molecular flexibility index (Phi) is 9.85. The van der Waals surface area contributed by atoms with Gasteiger partial charge in [-0.1, -0.05) is 224 Å². The number of hydrogen-bond acceptors (Lipinski definition) is 4. The highest BCUT2D eigenvalue weighted by atomic mass is 15.0. The molecule has 4 nitrogen and oxygen atoms in total. The lowest BCUT2D eigenvalue weighted by Crippen LogP contribution is -2.00. The van der Waals surface area contributed by atoms with Gasteiger partial charge in [0.05, 0.1) is 11.6 Å². The lowest BCUT2D eigenvalue weighted by Gasteiger charge is -2.19. The highest BCUT2D eigenvalue weighted by Crippen LogP contribution is 2.51. The normalized spacial score (nSPS) is 11.4. The van der Waals surface area contributed by atoms with Crippen LogP contribution in [0.5, 0.6) is 0 Å². The van der Waals surface area contributed by atoms with Gasteiger partial charge >= 0.3 is 0 Å². The molecule has 0 aliphatic heterocycles. The van der Waals surface area contributed by atoms with Crippen LogP contribution in [0.1, 0.15) is 5.56 Å². The number of hydrogen-bond donors (Lipinski definition) is 0. The summed E-state index contributed by atoms with van der Waals surface area (Å²) in [4.78, 5) is 15.3. The second-order valence-electron chi connectivity index (χ2n) is 17.8. The van der Waals surface area contributed by atoms with E-state index in [4.69, 9.17) is 15.0 Å². The third kappa shape index (κ3) is 6.96. The first-order chi connectivity index (χ1) is 34.7. The van der Waals surface area contributed by atoms with E-state index in [9.17, 15) is 5.26 Å². The van der Waals surface area contributed by atoms with Gasteiger partial charge in [-0.25, -0.2) is 15.0 Å². The Morgan fingerprint density at radius 2 is 0.686 bits per heavy atom. The Morgan fingerprint density at radius 1 is 0.257 bits per heavy atom. The van der Waals surface area contributed by atoms with Gasteiger partial charge in [0.25, 0.3) is 0 Å². The molecule has 1 aliphatic rings. The summed E-state index contributed by atoms with van der Waals surface area (Å²) in [7, 11) is 0. The van der Waals surface area contributed by atoms with Gasteiger partial charge in [-0.15, -0.1) is 0 Å². The maximum Gasteiger partial charge on any atom is 0.164 e. The molecule has 0 unspecified atom stereocenters. The molecule has 0 radical (unpaired) electrons. The zero-order valence-corrected chi connectivity index (χ0v) is 37.9. The van der Waals surface area contributed by atoms with Crippen LogP contribution in [0.3, 0.4) is 0 Å². The zero-order valence-electron chi connectivity index (χ0n) is 37.9. The molecule has 4 heteroatoms. The lowest BCUT2D eigenvalue weighted by atomic mass is 9.84. The minimum atomic E-state index is 0.590. The highest BCUT2D eigenvalue weighted by Gasteiger charge is 2.24. The van der Waals surface area contributed by atoms with Crippen LogP contribution in [0.4, 0.5) is 0 Å². The van der Waals surface area contributed by atoms with Crippen molar-refractivity contribution in [1.82, 2.24) is 15.0 Å². The van der Waals surface area contributed by atoms with Crippen molar-refractivity contribution in [2.75, 3.05) is 0 Å². The Labute approximate surface area is 406 Å². The number of rotatable bonds is 8. The first-order valence-electron chi connectivity index (χ1n) is 23.6. The van der Waals surface area contributed by atoms with Gasteiger partial charge in [0.2, 0.25) is 0 Å². The molecular formula is C66H40N4. The molecule has 0 amide bonds. The van der Waals surface area contributed by atoms with Gasteiger partial charge in [0.15, 0.2) is 17.5 Å². The van der Waals surface area contributed by atoms with Gasteiger partial charge in [-0.3, -0.25) is 0 Å². The number of nitrogens with zero attached hydrogens (tertiary/aromatic N) is 4. The Morgan fingerprint density at radius 3 is 1.41 bits per heavy atom. The molecule has 70 heavy (non-hydrogen) atoms. The average molecular weight is 889 g/mol. The van der Waals surface area contributed by atoms with Crippen LogP contribution in [0, 0.1) is 11.3 Å². The minimum Gasteiger partial charge on any atom is -0.208 e. The summed E-state index contributed by atoms with van der Waals surface area (Å²) in [5.74, 6) is 1.80. The average Bonchev–Trinajstić information content (AvgIpc) is 3.77. The molecule has 11 aromatic carbocycles. The quantitative estimate of drug-likeness (QED) is 0.152. The predicted molar refractivity (Wildman–Crippen MR) is 287 cm³/mol. The maximum absolute atomic E-state index is 10.3. The largest absolute Gasteiger partial charge is 0.208 e. The van der Waals surface area contributed by atoms with E-state index in [1.807, 2.05) is 42.5 Å². The Balaban J connectivity index is 0.900. The van der Waals surface area contributed by atoms with Gasteiger partial charge in [-0.05, 0) is 118 Å². The Bertz CT molecular complexity index is 4040. The number of nitriles is 1. The molecule has 1 aliphatic carbocycles. The lowest BCUT2D eigenvalue weighted by molar-refractivity contribution is 1.07. The van der Waals surface area contributed by atoms with Crippen molar-refractivity contribution in [3.63, 3.8) is 0 Å². The van der Waals surface area contributed by atoms with Crippen molar-refractivity contribution in [2.45, 2.75) is 0 Å². The molecule has 1 aromatic heterocycles. The van der Waals surface area contributed by atoms with Crippen LogP contribution in [-0.4, -0.2) is 15.0 Å². The number of benzene rings is 11. The number of aromatic nitrogens is 3. The van der Waals surface area contributed by atoms with E-state index in [0.29, 0.717) is 23.0 Å². The van der Waals surface area contributed by atoms with E-state index in [1.165, 1.54) is 49.4 Å². The van der Waals surface area contributed by atoms with E-state index < -0.39 is 0 Å². The summed E-state index contributed by atoms with van der Waals surface area (Å²) in [6, 6.07) is 87.6. The van der Waals surface area contributed by atoms with Gasteiger partial charge < -0.3 is 0 Å². The molecule has 0 atom stereocenters. The SMILES string of the molecule is N#Cc1ccc(-c2ccccc2-c2ccc3c4c(cccc24)-c2ccccc2-3)c(-c2ccccc2-c2ccc(-c3nc(-c4ccccc4)nc(-c4cccc(-c5cccc6ccccc56)c4)n3)cc2)c1. The monoisotopic (exact) mass is 888 g/mol. The fourth-order valence-corrected chi connectivity index (χ4v) is 10.5. The molecule has 324 valence electrons.